The van der Waals surface area contributed by atoms with Gasteiger partial charge < -0.3 is 5.32 Å². The molecule has 0 aromatic carbocycles. The topological polar surface area (TPSA) is 29.9 Å². The van der Waals surface area contributed by atoms with E-state index < -0.39 is 0 Å². The van der Waals surface area contributed by atoms with Crippen molar-refractivity contribution in [1.82, 2.24) is 15.1 Å². The maximum Gasteiger partial charge on any atom is 0.0533 e. The zero-order chi connectivity index (χ0) is 10.8. The van der Waals surface area contributed by atoms with Crippen LogP contribution in [-0.4, -0.2) is 22.9 Å². The van der Waals surface area contributed by atoms with E-state index in [-0.39, 0.29) is 0 Å². The molecule has 0 amide bonds. The van der Waals surface area contributed by atoms with Crippen LogP contribution in [0.2, 0.25) is 0 Å². The average Bonchev–Trinajstić information content (AvgIpc) is 3.01. The average molecular weight is 217 g/mol. The molecule has 3 rings (SSSR count). The predicted molar refractivity (Wildman–Crippen MR) is 63.9 cm³/mol. The molecule has 3 atom stereocenters. The highest BCUT2D eigenvalue weighted by Crippen LogP contribution is 2.42. The van der Waals surface area contributed by atoms with Crippen LogP contribution < -0.4 is 5.32 Å². The summed E-state index contributed by atoms with van der Waals surface area (Å²) in [6, 6.07) is 1.97. The molecule has 2 bridgehead atoms. The first-order valence-corrected chi connectivity index (χ1v) is 6.28. The number of nitrogens with one attached hydrogen (secondary N) is 1. The fraction of sp³-hybridized carbons (Fsp3) is 0.615. The Hall–Kier alpha value is -1.09. The van der Waals surface area contributed by atoms with Crippen molar-refractivity contribution < 1.29 is 0 Å². The fourth-order valence-corrected chi connectivity index (χ4v) is 3.04. The molecule has 0 aliphatic heterocycles. The van der Waals surface area contributed by atoms with Crippen molar-refractivity contribution in [3.63, 3.8) is 0 Å². The lowest BCUT2D eigenvalue weighted by molar-refractivity contribution is 0.406. The van der Waals surface area contributed by atoms with Gasteiger partial charge in [0, 0.05) is 18.9 Å². The molecule has 16 heavy (non-hydrogen) atoms. The van der Waals surface area contributed by atoms with Gasteiger partial charge in [0.25, 0.3) is 0 Å². The third-order valence-corrected chi connectivity index (χ3v) is 3.90. The molecule has 86 valence electrons. The van der Waals surface area contributed by atoms with Crippen LogP contribution in [-0.2, 0) is 6.54 Å². The molecule has 1 saturated carbocycles. The van der Waals surface area contributed by atoms with Gasteiger partial charge in [0.2, 0.25) is 0 Å². The number of nitrogens with zero attached hydrogens (tertiary/aromatic N) is 2. The quantitative estimate of drug-likeness (QED) is 0.601. The lowest BCUT2D eigenvalue weighted by atomic mass is 9.94. The van der Waals surface area contributed by atoms with Gasteiger partial charge >= 0.3 is 0 Å². The molecule has 1 aromatic heterocycles. The van der Waals surface area contributed by atoms with E-state index in [1.54, 1.807) is 0 Å². The predicted octanol–water partition coefficient (Wildman–Crippen LogP) is 1.68. The van der Waals surface area contributed by atoms with Gasteiger partial charge in [-0.25, -0.2) is 0 Å². The van der Waals surface area contributed by atoms with Crippen molar-refractivity contribution in [2.24, 2.45) is 17.8 Å². The van der Waals surface area contributed by atoms with Crippen molar-refractivity contribution in [2.75, 3.05) is 13.1 Å². The molecule has 1 N–H and O–H groups in total. The monoisotopic (exact) mass is 217 g/mol. The van der Waals surface area contributed by atoms with Gasteiger partial charge in [-0.05, 0) is 43.2 Å². The molecular weight excluding hydrogens is 198 g/mol. The molecular formula is C13H19N3. The summed E-state index contributed by atoms with van der Waals surface area (Å²) in [5, 5.41) is 7.74. The fourth-order valence-electron chi connectivity index (χ4n) is 3.04. The van der Waals surface area contributed by atoms with E-state index in [0.29, 0.717) is 0 Å². The molecule has 2 aliphatic rings. The molecule has 0 saturated heterocycles. The standard InChI is InChI=1S/C13H19N3/c1-4-15-16(6-1)7-5-14-10-13-9-11-2-3-12(13)8-11/h1-4,6,11-14H,5,7-10H2. The highest BCUT2D eigenvalue weighted by Gasteiger charge is 2.34. The normalized spacial score (nSPS) is 31.4. The third kappa shape index (κ3) is 2.05. The number of aromatic nitrogens is 2. The molecule has 0 radical (unpaired) electrons. The van der Waals surface area contributed by atoms with Gasteiger partial charge in [0.15, 0.2) is 0 Å². The summed E-state index contributed by atoms with van der Waals surface area (Å²) in [5.74, 6) is 2.64. The van der Waals surface area contributed by atoms with Gasteiger partial charge in [0.05, 0.1) is 6.54 Å². The van der Waals surface area contributed by atoms with Crippen LogP contribution in [0.5, 0.6) is 0 Å². The van der Waals surface area contributed by atoms with E-state index in [4.69, 9.17) is 0 Å². The SMILES string of the molecule is C1=CC2CC1CC2CNCCn1cccn1. The van der Waals surface area contributed by atoms with Gasteiger partial charge in [-0.15, -0.1) is 0 Å². The Kier molecular flexibility index (Phi) is 2.79. The van der Waals surface area contributed by atoms with E-state index in [1.807, 2.05) is 23.1 Å². The number of hydrogen-bond donors (Lipinski definition) is 1. The lowest BCUT2D eigenvalue weighted by Crippen LogP contribution is -2.28. The molecule has 3 heteroatoms. The minimum atomic E-state index is 0.863. The zero-order valence-corrected chi connectivity index (χ0v) is 9.55. The van der Waals surface area contributed by atoms with Crippen LogP contribution in [0.15, 0.2) is 30.6 Å². The Balaban J connectivity index is 1.37. The first kappa shape index (κ1) is 10.1. The highest BCUT2D eigenvalue weighted by molar-refractivity contribution is 5.10. The highest BCUT2D eigenvalue weighted by atomic mass is 15.3. The lowest BCUT2D eigenvalue weighted by Gasteiger charge is -2.18. The number of hydrogen-bond acceptors (Lipinski definition) is 2. The summed E-state index contributed by atoms with van der Waals surface area (Å²) in [5.41, 5.74) is 0. The Labute approximate surface area is 96.5 Å². The second-order valence-corrected chi connectivity index (χ2v) is 5.01. The van der Waals surface area contributed by atoms with Crippen LogP contribution in [0.1, 0.15) is 12.8 Å². The largest absolute Gasteiger partial charge is 0.315 e. The van der Waals surface area contributed by atoms with Gasteiger partial charge in [-0.3, -0.25) is 4.68 Å². The third-order valence-electron chi connectivity index (χ3n) is 3.90. The Morgan fingerprint density at radius 3 is 3.00 bits per heavy atom. The van der Waals surface area contributed by atoms with Crippen LogP contribution in [0.25, 0.3) is 0 Å². The van der Waals surface area contributed by atoms with E-state index in [9.17, 15) is 0 Å². The maximum absolute atomic E-state index is 4.19. The first-order chi connectivity index (χ1) is 7.92. The number of allylic oxidation sites excluding steroid dienone is 2. The second kappa shape index (κ2) is 4.42. The smallest absolute Gasteiger partial charge is 0.0533 e. The van der Waals surface area contributed by atoms with Crippen LogP contribution in [0, 0.1) is 17.8 Å². The van der Waals surface area contributed by atoms with Crippen molar-refractivity contribution in [3.8, 4) is 0 Å². The summed E-state index contributed by atoms with van der Waals surface area (Å²) >= 11 is 0. The van der Waals surface area contributed by atoms with Crippen molar-refractivity contribution >= 4 is 0 Å². The van der Waals surface area contributed by atoms with E-state index in [2.05, 4.69) is 22.6 Å². The Bertz CT molecular complexity index is 355. The molecule has 1 heterocycles. The second-order valence-electron chi connectivity index (χ2n) is 5.01. The summed E-state index contributed by atoms with van der Waals surface area (Å²) in [6.07, 6.45) is 11.5. The van der Waals surface area contributed by atoms with Crippen LogP contribution >= 0.6 is 0 Å². The number of fused-ring (bicyclic) bond motifs is 2. The molecule has 2 aliphatic carbocycles. The summed E-state index contributed by atoms with van der Waals surface area (Å²) < 4.78 is 1.98. The van der Waals surface area contributed by atoms with E-state index in [0.717, 1.165) is 30.8 Å². The summed E-state index contributed by atoms with van der Waals surface area (Å²) in [6.45, 7) is 3.18. The molecule has 0 spiro atoms. The van der Waals surface area contributed by atoms with E-state index >= 15 is 0 Å². The van der Waals surface area contributed by atoms with Crippen molar-refractivity contribution in [3.05, 3.63) is 30.6 Å². The van der Waals surface area contributed by atoms with Crippen LogP contribution in [0.3, 0.4) is 0 Å². The van der Waals surface area contributed by atoms with E-state index in [1.165, 1.54) is 19.4 Å². The summed E-state index contributed by atoms with van der Waals surface area (Å²) in [4.78, 5) is 0. The maximum atomic E-state index is 4.19. The summed E-state index contributed by atoms with van der Waals surface area (Å²) in [7, 11) is 0. The van der Waals surface area contributed by atoms with Gasteiger partial charge in [-0.2, -0.15) is 5.10 Å². The molecule has 1 aromatic rings. The Morgan fingerprint density at radius 2 is 2.31 bits per heavy atom. The van der Waals surface area contributed by atoms with Crippen molar-refractivity contribution in [1.29, 1.82) is 0 Å². The molecule has 1 fully saturated rings. The molecule has 3 nitrogen and oxygen atoms in total. The minimum absolute atomic E-state index is 0.863. The number of rotatable bonds is 5. The van der Waals surface area contributed by atoms with Gasteiger partial charge in [-0.1, -0.05) is 12.2 Å². The van der Waals surface area contributed by atoms with Crippen molar-refractivity contribution in [2.45, 2.75) is 19.4 Å². The first-order valence-electron chi connectivity index (χ1n) is 6.28. The minimum Gasteiger partial charge on any atom is -0.315 e. The zero-order valence-electron chi connectivity index (χ0n) is 9.55. The Morgan fingerprint density at radius 1 is 1.31 bits per heavy atom. The van der Waals surface area contributed by atoms with Crippen LogP contribution in [0.4, 0.5) is 0 Å². The molecule has 3 unspecified atom stereocenters. The van der Waals surface area contributed by atoms with Gasteiger partial charge in [0.1, 0.15) is 0 Å².